The molecule has 0 saturated heterocycles. The number of nitrogens with one attached hydrogen (secondary N) is 1. The van der Waals surface area contributed by atoms with Gasteiger partial charge in [0.1, 0.15) is 22.6 Å². The van der Waals surface area contributed by atoms with Crippen LogP contribution in [0.15, 0.2) is 47.4 Å². The summed E-state index contributed by atoms with van der Waals surface area (Å²) in [7, 11) is -2.30. The van der Waals surface area contributed by atoms with Crippen LogP contribution >= 0.6 is 0 Å². The molecule has 0 spiro atoms. The molecule has 2 amide bonds. The van der Waals surface area contributed by atoms with Crippen molar-refractivity contribution in [2.24, 2.45) is 5.92 Å². The highest BCUT2D eigenvalue weighted by Gasteiger charge is 2.38. The molecule has 8 nitrogen and oxygen atoms in total. The first-order chi connectivity index (χ1) is 18.6. The number of ether oxygens (including phenoxy) is 1. The van der Waals surface area contributed by atoms with Gasteiger partial charge < -0.3 is 20.1 Å². The van der Waals surface area contributed by atoms with Gasteiger partial charge >= 0.3 is 6.03 Å². The van der Waals surface area contributed by atoms with E-state index in [1.807, 2.05) is 6.92 Å². The van der Waals surface area contributed by atoms with Crippen molar-refractivity contribution in [3.8, 4) is 17.6 Å². The van der Waals surface area contributed by atoms with Gasteiger partial charge in [-0.15, -0.1) is 0 Å². The van der Waals surface area contributed by atoms with Gasteiger partial charge in [0.15, 0.2) is 0 Å². The number of benzene rings is 2. The lowest BCUT2D eigenvalue weighted by atomic mass is 10.0. The summed E-state index contributed by atoms with van der Waals surface area (Å²) in [5.74, 6) is 5.27. The largest absolute Gasteiger partial charge is 0.487 e. The first kappa shape index (κ1) is 28.9. The fourth-order valence-electron chi connectivity index (χ4n) is 4.94. The Morgan fingerprint density at radius 1 is 1.21 bits per heavy atom. The molecule has 10 heteroatoms. The topological polar surface area (TPSA) is 99.2 Å². The Labute approximate surface area is 230 Å². The third kappa shape index (κ3) is 6.90. The maximum Gasteiger partial charge on any atom is 0.317 e. The first-order valence-corrected chi connectivity index (χ1v) is 14.7. The maximum absolute atomic E-state index is 13.7. The van der Waals surface area contributed by atoms with Crippen molar-refractivity contribution in [2.45, 2.75) is 62.6 Å². The summed E-state index contributed by atoms with van der Waals surface area (Å²) < 4.78 is 48.5. The van der Waals surface area contributed by atoms with Gasteiger partial charge in [0.2, 0.25) is 10.0 Å². The molecule has 1 aliphatic heterocycles. The number of likely N-dealkylation sites (N-methyl/N-ethyl adjacent to an activating group) is 1. The number of aliphatic hydroxyl groups is 1. The van der Waals surface area contributed by atoms with Crippen LogP contribution in [0, 0.1) is 23.6 Å². The van der Waals surface area contributed by atoms with Crippen molar-refractivity contribution in [3.05, 3.63) is 59.4 Å². The second kappa shape index (κ2) is 12.4. The number of carbonyl (C=O) groups excluding carboxylic acids is 1. The van der Waals surface area contributed by atoms with E-state index in [0.29, 0.717) is 11.1 Å². The second-order valence-electron chi connectivity index (χ2n) is 10.5. The summed E-state index contributed by atoms with van der Waals surface area (Å²) >= 11 is 0. The van der Waals surface area contributed by atoms with E-state index >= 15 is 0 Å². The fraction of sp³-hybridized carbons (Fsp3) is 0.483. The fourth-order valence-corrected chi connectivity index (χ4v) is 6.77. The summed E-state index contributed by atoms with van der Waals surface area (Å²) in [5.41, 5.74) is 0.980. The van der Waals surface area contributed by atoms with E-state index in [9.17, 15) is 22.7 Å². The smallest absolute Gasteiger partial charge is 0.317 e. The Kier molecular flexibility index (Phi) is 9.15. The van der Waals surface area contributed by atoms with Gasteiger partial charge in [-0.25, -0.2) is 17.6 Å². The average Bonchev–Trinajstić information content (AvgIpc) is 3.42. The van der Waals surface area contributed by atoms with Crippen LogP contribution < -0.4 is 10.1 Å². The number of hydrogen-bond donors (Lipinski definition) is 2. The Bertz CT molecular complexity index is 1350. The minimum Gasteiger partial charge on any atom is -0.487 e. The summed E-state index contributed by atoms with van der Waals surface area (Å²) in [6.07, 6.45) is 3.61. The van der Waals surface area contributed by atoms with Gasteiger partial charge in [-0.05, 0) is 56.2 Å². The molecule has 1 saturated carbocycles. The minimum absolute atomic E-state index is 0.0333. The molecule has 210 valence electrons. The molecule has 0 unspecified atom stereocenters. The molecule has 2 aromatic rings. The van der Waals surface area contributed by atoms with Crippen LogP contribution in [-0.4, -0.2) is 73.7 Å². The Balaban J connectivity index is 1.66. The van der Waals surface area contributed by atoms with Crippen molar-refractivity contribution in [1.82, 2.24) is 14.5 Å². The standard InChI is InChI=1S/C29H36FN3O5S/c1-20-17-33(21(2)19-34)39(36,37)28-14-13-23(12-11-22-7-6-8-24(30)15-22)16-26(28)38-27(20)18-32(3)29(35)31-25-9-4-5-10-25/h6-8,13-16,20-21,25,27,34H,4-5,9-10,17-19H2,1-3H3,(H,31,35)/t20-,21+,27+/m1/s1. The van der Waals surface area contributed by atoms with Crippen LogP contribution in [-0.2, 0) is 10.0 Å². The van der Waals surface area contributed by atoms with Crippen LogP contribution in [0.1, 0.15) is 50.7 Å². The Morgan fingerprint density at radius 2 is 1.90 bits per heavy atom. The number of fused-ring (bicyclic) bond motifs is 1. The molecule has 2 N–H and O–H groups in total. The van der Waals surface area contributed by atoms with E-state index in [4.69, 9.17) is 4.74 Å². The number of nitrogens with zero attached hydrogens (tertiary/aromatic N) is 2. The van der Waals surface area contributed by atoms with E-state index in [2.05, 4.69) is 17.2 Å². The molecule has 1 heterocycles. The molecule has 2 aromatic carbocycles. The molecule has 0 radical (unpaired) electrons. The highest BCUT2D eigenvalue weighted by molar-refractivity contribution is 7.89. The van der Waals surface area contributed by atoms with E-state index in [1.165, 1.54) is 22.5 Å². The van der Waals surface area contributed by atoms with Crippen LogP contribution in [0.2, 0.25) is 0 Å². The Hall–Kier alpha value is -3.13. The second-order valence-corrected chi connectivity index (χ2v) is 12.3. The first-order valence-electron chi connectivity index (χ1n) is 13.3. The van der Waals surface area contributed by atoms with Gasteiger partial charge in [0, 0.05) is 42.7 Å². The zero-order valence-electron chi connectivity index (χ0n) is 22.6. The molecule has 39 heavy (non-hydrogen) atoms. The molecule has 1 fully saturated rings. The third-order valence-corrected chi connectivity index (χ3v) is 9.35. The number of halogens is 1. The highest BCUT2D eigenvalue weighted by Crippen LogP contribution is 2.34. The van der Waals surface area contributed by atoms with E-state index in [-0.39, 0.29) is 48.3 Å². The summed E-state index contributed by atoms with van der Waals surface area (Å²) in [4.78, 5) is 14.4. The molecule has 0 aromatic heterocycles. The number of rotatable bonds is 5. The number of hydrogen-bond acceptors (Lipinski definition) is 5. The van der Waals surface area contributed by atoms with Gasteiger partial charge in [-0.2, -0.15) is 4.31 Å². The summed E-state index contributed by atoms with van der Waals surface area (Å²) in [6, 6.07) is 9.81. The maximum atomic E-state index is 13.7. The van der Waals surface area contributed by atoms with Gasteiger partial charge in [-0.1, -0.05) is 37.7 Å². The van der Waals surface area contributed by atoms with Crippen LogP contribution in [0.3, 0.4) is 0 Å². The number of sulfonamides is 1. The zero-order valence-corrected chi connectivity index (χ0v) is 23.4. The van der Waals surface area contributed by atoms with Gasteiger partial charge in [0.05, 0.1) is 13.2 Å². The lowest BCUT2D eigenvalue weighted by Crippen LogP contribution is -2.51. The third-order valence-electron chi connectivity index (χ3n) is 7.33. The summed E-state index contributed by atoms with van der Waals surface area (Å²) in [5, 5.41) is 12.9. The van der Waals surface area contributed by atoms with E-state index in [0.717, 1.165) is 25.7 Å². The molecule has 2 aliphatic rings. The van der Waals surface area contributed by atoms with Crippen molar-refractivity contribution >= 4 is 16.1 Å². The molecule has 4 rings (SSSR count). The van der Waals surface area contributed by atoms with Gasteiger partial charge in [0.25, 0.3) is 0 Å². The predicted molar refractivity (Wildman–Crippen MR) is 146 cm³/mol. The highest BCUT2D eigenvalue weighted by atomic mass is 32.2. The quantitative estimate of drug-likeness (QED) is 0.548. The summed E-state index contributed by atoms with van der Waals surface area (Å²) in [6.45, 7) is 3.54. The molecule has 1 aliphatic carbocycles. The monoisotopic (exact) mass is 557 g/mol. The van der Waals surface area contributed by atoms with Crippen LogP contribution in [0.25, 0.3) is 0 Å². The lowest BCUT2D eigenvalue weighted by molar-refractivity contribution is 0.0808. The van der Waals surface area contributed by atoms with Crippen molar-refractivity contribution < 1.29 is 27.4 Å². The number of carbonyl (C=O) groups is 1. The zero-order chi connectivity index (χ0) is 28.2. The van der Waals surface area contributed by atoms with Crippen molar-refractivity contribution in [3.63, 3.8) is 0 Å². The number of aliphatic hydroxyl groups excluding tert-OH is 1. The molecule has 3 atom stereocenters. The molecule has 0 bridgehead atoms. The minimum atomic E-state index is -4.00. The lowest BCUT2D eigenvalue weighted by Gasteiger charge is -2.37. The van der Waals surface area contributed by atoms with E-state index in [1.54, 1.807) is 43.1 Å². The SMILES string of the molecule is C[C@@H]1CN([C@@H](C)CO)S(=O)(=O)c2ccc(C#Cc3cccc(F)c3)cc2O[C@H]1CN(C)C(=O)NC1CCCC1. The van der Waals surface area contributed by atoms with Crippen molar-refractivity contribution in [1.29, 1.82) is 0 Å². The van der Waals surface area contributed by atoms with Gasteiger partial charge in [-0.3, -0.25) is 0 Å². The molecular formula is C29H36FN3O5S. The number of amides is 2. The molecular weight excluding hydrogens is 521 g/mol. The predicted octanol–water partition coefficient (Wildman–Crippen LogP) is 3.58. The van der Waals surface area contributed by atoms with Crippen LogP contribution in [0.4, 0.5) is 9.18 Å². The Morgan fingerprint density at radius 3 is 2.56 bits per heavy atom. The average molecular weight is 558 g/mol. The van der Waals surface area contributed by atoms with E-state index < -0.39 is 28.0 Å². The van der Waals surface area contributed by atoms with Crippen LogP contribution in [0.5, 0.6) is 5.75 Å². The number of urea groups is 1. The normalized spacial score (nSPS) is 21.9. The van der Waals surface area contributed by atoms with Crippen molar-refractivity contribution in [2.75, 3.05) is 26.7 Å².